The second-order valence-electron chi connectivity index (χ2n) is 4.82. The molecule has 4 N–H and O–H groups in total. The molecule has 0 aliphatic carbocycles. The minimum absolute atomic E-state index is 0.000978. The standard InChI is InChI=1S/C14H19N3O3/c15-13(18)9-20-12-5-1-4-11(7-12)17-14(19)10-3-2-6-16-8-10/h1,4-5,7,10,16H,2-3,6,8-9H2,(H2,15,18)(H,17,19). The molecule has 6 nitrogen and oxygen atoms in total. The molecule has 0 saturated carbocycles. The number of piperidine rings is 1. The van der Waals surface area contributed by atoms with Crippen molar-refractivity contribution in [3.63, 3.8) is 0 Å². The lowest BCUT2D eigenvalue weighted by molar-refractivity contribution is -0.121. The highest BCUT2D eigenvalue weighted by molar-refractivity contribution is 5.92. The van der Waals surface area contributed by atoms with Gasteiger partial charge in [0.25, 0.3) is 5.91 Å². The first-order valence-electron chi connectivity index (χ1n) is 6.68. The van der Waals surface area contributed by atoms with Crippen LogP contribution in [0.4, 0.5) is 5.69 Å². The summed E-state index contributed by atoms with van der Waals surface area (Å²) in [6.07, 6.45) is 1.91. The van der Waals surface area contributed by atoms with Crippen LogP contribution in [0.5, 0.6) is 5.75 Å². The summed E-state index contributed by atoms with van der Waals surface area (Å²) in [7, 11) is 0. The van der Waals surface area contributed by atoms with Crippen molar-refractivity contribution in [1.82, 2.24) is 5.32 Å². The molecule has 1 aliphatic rings. The van der Waals surface area contributed by atoms with Gasteiger partial charge in [-0.25, -0.2) is 0 Å². The zero-order valence-electron chi connectivity index (χ0n) is 11.2. The van der Waals surface area contributed by atoms with E-state index in [0.717, 1.165) is 19.4 Å². The van der Waals surface area contributed by atoms with Crippen molar-refractivity contribution in [1.29, 1.82) is 0 Å². The first kappa shape index (κ1) is 14.3. The van der Waals surface area contributed by atoms with E-state index >= 15 is 0 Å². The van der Waals surface area contributed by atoms with Crippen LogP contribution in [-0.4, -0.2) is 31.5 Å². The van der Waals surface area contributed by atoms with Gasteiger partial charge in [-0.1, -0.05) is 6.07 Å². The van der Waals surface area contributed by atoms with Crippen LogP contribution < -0.4 is 21.1 Å². The first-order chi connectivity index (χ1) is 9.65. The number of hydrogen-bond acceptors (Lipinski definition) is 4. The van der Waals surface area contributed by atoms with Gasteiger partial charge in [-0.3, -0.25) is 9.59 Å². The molecule has 108 valence electrons. The highest BCUT2D eigenvalue weighted by Gasteiger charge is 2.20. The quantitative estimate of drug-likeness (QED) is 0.730. The van der Waals surface area contributed by atoms with Gasteiger partial charge in [0.2, 0.25) is 5.91 Å². The van der Waals surface area contributed by atoms with Gasteiger partial charge in [-0.05, 0) is 31.5 Å². The van der Waals surface area contributed by atoms with Crippen LogP contribution in [0.25, 0.3) is 0 Å². The van der Waals surface area contributed by atoms with E-state index in [1.165, 1.54) is 0 Å². The third kappa shape index (κ3) is 4.24. The molecule has 1 aliphatic heterocycles. The summed E-state index contributed by atoms with van der Waals surface area (Å²) in [6.45, 7) is 1.51. The Balaban J connectivity index is 1.93. The molecule has 1 aromatic rings. The largest absolute Gasteiger partial charge is 0.484 e. The minimum atomic E-state index is -0.535. The van der Waals surface area contributed by atoms with Crippen molar-refractivity contribution < 1.29 is 14.3 Å². The number of nitrogens with two attached hydrogens (primary N) is 1. The highest BCUT2D eigenvalue weighted by atomic mass is 16.5. The molecule has 0 radical (unpaired) electrons. The van der Waals surface area contributed by atoms with Crippen molar-refractivity contribution in [3.05, 3.63) is 24.3 Å². The van der Waals surface area contributed by atoms with Crippen LogP contribution in [0.3, 0.4) is 0 Å². The molecule has 1 atom stereocenters. The van der Waals surface area contributed by atoms with Crippen LogP contribution in [0.2, 0.25) is 0 Å². The second kappa shape index (κ2) is 6.91. The summed E-state index contributed by atoms with van der Waals surface area (Å²) in [5.41, 5.74) is 5.67. The minimum Gasteiger partial charge on any atom is -0.484 e. The maximum Gasteiger partial charge on any atom is 0.255 e. The topological polar surface area (TPSA) is 93.5 Å². The van der Waals surface area contributed by atoms with E-state index in [4.69, 9.17) is 10.5 Å². The van der Waals surface area contributed by atoms with Crippen molar-refractivity contribution in [2.75, 3.05) is 25.0 Å². The van der Waals surface area contributed by atoms with Gasteiger partial charge in [0.15, 0.2) is 6.61 Å². The predicted molar refractivity (Wildman–Crippen MR) is 75.4 cm³/mol. The lowest BCUT2D eigenvalue weighted by Crippen LogP contribution is -2.37. The number of rotatable bonds is 5. The number of carbonyl (C=O) groups is 2. The smallest absolute Gasteiger partial charge is 0.255 e. The Kier molecular flexibility index (Phi) is 4.95. The van der Waals surface area contributed by atoms with E-state index < -0.39 is 5.91 Å². The lowest BCUT2D eigenvalue weighted by Gasteiger charge is -2.22. The Morgan fingerprint density at radius 2 is 2.30 bits per heavy atom. The summed E-state index contributed by atoms with van der Waals surface area (Å²) in [4.78, 5) is 22.7. The number of hydrogen-bond donors (Lipinski definition) is 3. The molecule has 2 rings (SSSR count). The third-order valence-corrected chi connectivity index (χ3v) is 3.15. The fourth-order valence-electron chi connectivity index (χ4n) is 2.14. The van der Waals surface area contributed by atoms with E-state index in [1.54, 1.807) is 24.3 Å². The van der Waals surface area contributed by atoms with Gasteiger partial charge >= 0.3 is 0 Å². The van der Waals surface area contributed by atoms with Crippen molar-refractivity contribution in [2.45, 2.75) is 12.8 Å². The maximum atomic E-state index is 12.1. The molecule has 6 heteroatoms. The van der Waals surface area contributed by atoms with Crippen molar-refractivity contribution in [2.24, 2.45) is 11.7 Å². The molecular formula is C14H19N3O3. The molecule has 1 aromatic carbocycles. The number of carbonyl (C=O) groups excluding carboxylic acids is 2. The number of amides is 2. The van der Waals surface area contributed by atoms with Gasteiger partial charge in [0.1, 0.15) is 5.75 Å². The molecule has 1 fully saturated rings. The monoisotopic (exact) mass is 277 g/mol. The van der Waals surface area contributed by atoms with Crippen molar-refractivity contribution >= 4 is 17.5 Å². The fourth-order valence-corrected chi connectivity index (χ4v) is 2.14. The van der Waals surface area contributed by atoms with Crippen LogP contribution in [0, 0.1) is 5.92 Å². The molecule has 0 spiro atoms. The Bertz CT molecular complexity index is 484. The van der Waals surface area contributed by atoms with Crippen LogP contribution in [-0.2, 0) is 9.59 Å². The predicted octanol–water partition coefficient (Wildman–Crippen LogP) is 0.489. The third-order valence-electron chi connectivity index (χ3n) is 3.15. The van der Waals surface area contributed by atoms with Gasteiger partial charge in [-0.15, -0.1) is 0 Å². The number of benzene rings is 1. The summed E-state index contributed by atoms with van der Waals surface area (Å²) in [5.74, 6) is -0.0284. The maximum absolute atomic E-state index is 12.1. The van der Waals surface area contributed by atoms with E-state index in [0.29, 0.717) is 18.0 Å². The molecule has 20 heavy (non-hydrogen) atoms. The summed E-state index contributed by atoms with van der Waals surface area (Å²) >= 11 is 0. The highest BCUT2D eigenvalue weighted by Crippen LogP contribution is 2.19. The average molecular weight is 277 g/mol. The van der Waals surface area contributed by atoms with Gasteiger partial charge in [0, 0.05) is 18.3 Å². The van der Waals surface area contributed by atoms with Gasteiger partial charge in [-0.2, -0.15) is 0 Å². The molecule has 2 amide bonds. The number of primary amides is 1. The molecular weight excluding hydrogens is 258 g/mol. The SMILES string of the molecule is NC(=O)COc1cccc(NC(=O)C2CCCNC2)c1. The number of ether oxygens (including phenoxy) is 1. The van der Waals surface area contributed by atoms with Crippen LogP contribution in [0.15, 0.2) is 24.3 Å². The summed E-state index contributed by atoms with van der Waals surface area (Å²) < 4.78 is 5.20. The van der Waals surface area contributed by atoms with Gasteiger partial charge in [0.05, 0.1) is 5.92 Å². The molecule has 1 heterocycles. The normalized spacial score (nSPS) is 18.3. The Labute approximate surface area is 117 Å². The Hall–Kier alpha value is -2.08. The average Bonchev–Trinajstić information content (AvgIpc) is 2.46. The first-order valence-corrected chi connectivity index (χ1v) is 6.68. The van der Waals surface area contributed by atoms with E-state index in [2.05, 4.69) is 10.6 Å². The van der Waals surface area contributed by atoms with Crippen LogP contribution >= 0.6 is 0 Å². The van der Waals surface area contributed by atoms with E-state index in [1.807, 2.05) is 0 Å². The number of anilines is 1. The Morgan fingerprint density at radius 3 is 3.00 bits per heavy atom. The zero-order valence-corrected chi connectivity index (χ0v) is 11.2. The lowest BCUT2D eigenvalue weighted by atomic mass is 9.99. The zero-order chi connectivity index (χ0) is 14.4. The molecule has 1 saturated heterocycles. The van der Waals surface area contributed by atoms with Gasteiger partial charge < -0.3 is 21.1 Å². The van der Waals surface area contributed by atoms with Crippen LogP contribution in [0.1, 0.15) is 12.8 Å². The summed E-state index contributed by atoms with van der Waals surface area (Å²) in [6, 6.07) is 6.92. The molecule has 0 aromatic heterocycles. The fraction of sp³-hybridized carbons (Fsp3) is 0.429. The van der Waals surface area contributed by atoms with E-state index in [9.17, 15) is 9.59 Å². The Morgan fingerprint density at radius 1 is 1.45 bits per heavy atom. The second-order valence-corrected chi connectivity index (χ2v) is 4.82. The van der Waals surface area contributed by atoms with E-state index in [-0.39, 0.29) is 18.4 Å². The molecule has 1 unspecified atom stereocenters. The van der Waals surface area contributed by atoms with Crippen molar-refractivity contribution in [3.8, 4) is 5.75 Å². The molecule has 0 bridgehead atoms. The summed E-state index contributed by atoms with van der Waals surface area (Å²) in [5, 5.41) is 6.07. The number of nitrogens with one attached hydrogen (secondary N) is 2.